The van der Waals surface area contributed by atoms with E-state index in [1.54, 1.807) is 0 Å². The van der Waals surface area contributed by atoms with Crippen molar-refractivity contribution in [2.75, 3.05) is 6.61 Å². The Balaban J connectivity index is 2.18. The lowest BCUT2D eigenvalue weighted by Gasteiger charge is -2.03. The van der Waals surface area contributed by atoms with E-state index in [2.05, 4.69) is 24.0 Å². The highest BCUT2D eigenvalue weighted by Crippen LogP contribution is 2.17. The van der Waals surface area contributed by atoms with Gasteiger partial charge in [-0.2, -0.15) is 0 Å². The van der Waals surface area contributed by atoms with Crippen LogP contribution in [0.15, 0.2) is 0 Å². The number of ether oxygens (including phenoxy) is 1. The van der Waals surface area contributed by atoms with Crippen LogP contribution in [0.3, 0.4) is 0 Å². The van der Waals surface area contributed by atoms with E-state index in [1.165, 1.54) is 17.8 Å². The molecule has 0 aliphatic heterocycles. The second-order valence-corrected chi connectivity index (χ2v) is 4.57. The van der Waals surface area contributed by atoms with Gasteiger partial charge in [-0.1, -0.05) is 25.2 Å². The molecule has 0 aliphatic rings. The first-order valence-corrected chi connectivity index (χ1v) is 5.69. The van der Waals surface area contributed by atoms with E-state index in [1.807, 2.05) is 0 Å². The van der Waals surface area contributed by atoms with Gasteiger partial charge in [0, 0.05) is 6.54 Å². The summed E-state index contributed by atoms with van der Waals surface area (Å²) in [5, 5.41) is 9.19. The van der Waals surface area contributed by atoms with Gasteiger partial charge in [0.25, 0.3) is 5.19 Å². The maximum Gasteiger partial charge on any atom is 0.294 e. The molecule has 14 heavy (non-hydrogen) atoms. The summed E-state index contributed by atoms with van der Waals surface area (Å²) in [5.41, 5.74) is 5.41. The average molecular weight is 215 g/mol. The van der Waals surface area contributed by atoms with Crippen LogP contribution in [-0.2, 0) is 6.54 Å². The Morgan fingerprint density at radius 1 is 1.43 bits per heavy atom. The molecule has 0 atom stereocenters. The largest absolute Gasteiger partial charge is 0.469 e. The minimum atomic E-state index is 0.438. The van der Waals surface area contributed by atoms with E-state index in [4.69, 9.17) is 10.5 Å². The summed E-state index contributed by atoms with van der Waals surface area (Å²) >= 11 is 1.42. The Morgan fingerprint density at radius 3 is 2.79 bits per heavy atom. The predicted octanol–water partition coefficient (Wildman–Crippen LogP) is 1.81. The molecule has 0 aromatic carbocycles. The molecule has 0 fully saturated rings. The third-order valence-corrected chi connectivity index (χ3v) is 2.63. The van der Waals surface area contributed by atoms with Gasteiger partial charge in [0.05, 0.1) is 6.61 Å². The Kier molecular flexibility index (Phi) is 4.82. The Bertz CT molecular complexity index is 262. The van der Waals surface area contributed by atoms with Gasteiger partial charge >= 0.3 is 0 Å². The van der Waals surface area contributed by atoms with Crippen LogP contribution in [0.2, 0.25) is 0 Å². The van der Waals surface area contributed by atoms with Gasteiger partial charge in [-0.3, -0.25) is 0 Å². The van der Waals surface area contributed by atoms with Crippen LogP contribution < -0.4 is 10.5 Å². The molecule has 5 heteroatoms. The normalized spacial score (nSPS) is 10.9. The summed E-state index contributed by atoms with van der Waals surface area (Å²) in [5.74, 6) is 0.729. The van der Waals surface area contributed by atoms with E-state index in [0.717, 1.165) is 24.0 Å². The molecule has 0 amide bonds. The Labute approximate surface area is 88.5 Å². The van der Waals surface area contributed by atoms with Crippen molar-refractivity contribution in [2.24, 2.45) is 11.7 Å². The number of nitrogens with zero attached hydrogens (tertiary/aromatic N) is 2. The van der Waals surface area contributed by atoms with Crippen LogP contribution >= 0.6 is 11.3 Å². The van der Waals surface area contributed by atoms with E-state index < -0.39 is 0 Å². The molecule has 2 N–H and O–H groups in total. The number of hydrogen-bond donors (Lipinski definition) is 1. The van der Waals surface area contributed by atoms with Crippen LogP contribution in [0.1, 0.15) is 31.7 Å². The first kappa shape index (κ1) is 11.4. The van der Waals surface area contributed by atoms with Crippen LogP contribution in [0.25, 0.3) is 0 Å². The van der Waals surface area contributed by atoms with E-state index in [0.29, 0.717) is 11.7 Å². The van der Waals surface area contributed by atoms with E-state index in [9.17, 15) is 0 Å². The summed E-state index contributed by atoms with van der Waals surface area (Å²) in [6.45, 7) is 5.57. The highest BCUT2D eigenvalue weighted by Gasteiger charge is 2.02. The molecular weight excluding hydrogens is 198 g/mol. The summed E-state index contributed by atoms with van der Waals surface area (Å²) < 4.78 is 5.43. The molecule has 0 unspecified atom stereocenters. The summed E-state index contributed by atoms with van der Waals surface area (Å²) in [4.78, 5) is 0. The second-order valence-electron chi connectivity index (χ2n) is 3.55. The Morgan fingerprint density at radius 2 is 2.21 bits per heavy atom. The minimum absolute atomic E-state index is 0.438. The number of rotatable bonds is 6. The third-order valence-electron chi connectivity index (χ3n) is 1.77. The maximum atomic E-state index is 5.43. The van der Waals surface area contributed by atoms with Crippen molar-refractivity contribution in [3.05, 3.63) is 5.01 Å². The van der Waals surface area contributed by atoms with Gasteiger partial charge < -0.3 is 10.5 Å². The summed E-state index contributed by atoms with van der Waals surface area (Å²) in [7, 11) is 0. The number of nitrogens with two attached hydrogens (primary N) is 1. The van der Waals surface area contributed by atoms with Gasteiger partial charge in [0.1, 0.15) is 5.01 Å². The van der Waals surface area contributed by atoms with Crippen molar-refractivity contribution in [1.82, 2.24) is 10.2 Å². The molecule has 0 bridgehead atoms. The highest BCUT2D eigenvalue weighted by atomic mass is 32.1. The van der Waals surface area contributed by atoms with Gasteiger partial charge in [0.2, 0.25) is 0 Å². The molecule has 4 nitrogen and oxygen atoms in total. The first-order valence-electron chi connectivity index (χ1n) is 4.87. The van der Waals surface area contributed by atoms with Gasteiger partial charge in [-0.15, -0.1) is 10.2 Å². The van der Waals surface area contributed by atoms with Crippen LogP contribution in [0.4, 0.5) is 0 Å². The summed E-state index contributed by atoms with van der Waals surface area (Å²) in [6.07, 6.45) is 2.25. The molecule has 1 rings (SSSR count). The lowest BCUT2D eigenvalue weighted by atomic mass is 10.1. The van der Waals surface area contributed by atoms with Gasteiger partial charge in [-0.25, -0.2) is 0 Å². The van der Waals surface area contributed by atoms with Crippen molar-refractivity contribution < 1.29 is 4.74 Å². The van der Waals surface area contributed by atoms with Crippen molar-refractivity contribution in [2.45, 2.75) is 33.2 Å². The quantitative estimate of drug-likeness (QED) is 0.735. The fraction of sp³-hybridized carbons (Fsp3) is 0.778. The smallest absolute Gasteiger partial charge is 0.294 e. The van der Waals surface area contributed by atoms with Gasteiger partial charge in [-0.05, 0) is 18.8 Å². The average Bonchev–Trinajstić information content (AvgIpc) is 2.60. The lowest BCUT2D eigenvalue weighted by Crippen LogP contribution is -1.99. The SMILES string of the molecule is CC(C)CCCOc1nnc(CN)s1. The molecular formula is C9H17N3OS. The maximum absolute atomic E-state index is 5.43. The molecule has 80 valence electrons. The van der Waals surface area contributed by atoms with Crippen molar-refractivity contribution in [3.8, 4) is 5.19 Å². The minimum Gasteiger partial charge on any atom is -0.469 e. The van der Waals surface area contributed by atoms with Crippen molar-refractivity contribution >= 4 is 11.3 Å². The molecule has 0 saturated heterocycles. The standard InChI is InChI=1S/C9H17N3OS/c1-7(2)4-3-5-13-9-12-11-8(6-10)14-9/h7H,3-6,10H2,1-2H3. The molecule has 1 aromatic heterocycles. The van der Waals surface area contributed by atoms with E-state index in [-0.39, 0.29) is 0 Å². The number of hydrogen-bond acceptors (Lipinski definition) is 5. The third kappa shape index (κ3) is 4.02. The molecule has 0 radical (unpaired) electrons. The first-order chi connectivity index (χ1) is 6.72. The fourth-order valence-corrected chi connectivity index (χ4v) is 1.62. The zero-order valence-electron chi connectivity index (χ0n) is 8.69. The predicted molar refractivity (Wildman–Crippen MR) is 57.4 cm³/mol. The zero-order valence-corrected chi connectivity index (χ0v) is 9.51. The van der Waals surface area contributed by atoms with E-state index >= 15 is 0 Å². The fourth-order valence-electron chi connectivity index (χ4n) is 1.03. The molecule has 0 aliphatic carbocycles. The topological polar surface area (TPSA) is 61.0 Å². The molecule has 0 saturated carbocycles. The second kappa shape index (κ2) is 5.93. The lowest BCUT2D eigenvalue weighted by molar-refractivity contribution is 0.294. The van der Waals surface area contributed by atoms with Crippen LogP contribution in [0, 0.1) is 5.92 Å². The molecule has 1 heterocycles. The molecule has 1 aromatic rings. The van der Waals surface area contributed by atoms with Gasteiger partial charge in [0.15, 0.2) is 0 Å². The van der Waals surface area contributed by atoms with Crippen LogP contribution in [0.5, 0.6) is 5.19 Å². The zero-order chi connectivity index (χ0) is 10.4. The summed E-state index contributed by atoms with van der Waals surface area (Å²) in [6, 6.07) is 0. The van der Waals surface area contributed by atoms with Crippen LogP contribution in [-0.4, -0.2) is 16.8 Å². The monoisotopic (exact) mass is 215 g/mol. The van der Waals surface area contributed by atoms with Crippen molar-refractivity contribution in [1.29, 1.82) is 0 Å². The number of aromatic nitrogens is 2. The highest BCUT2D eigenvalue weighted by molar-refractivity contribution is 7.13. The Hall–Kier alpha value is -0.680. The molecule has 0 spiro atoms. The van der Waals surface area contributed by atoms with Crippen molar-refractivity contribution in [3.63, 3.8) is 0 Å².